The van der Waals surface area contributed by atoms with Gasteiger partial charge in [0.05, 0.1) is 18.8 Å². The minimum Gasteiger partial charge on any atom is -0.394 e. The number of rotatable bonds is 52. The maximum absolute atomic E-state index is 12.4. The molecule has 0 aromatic heterocycles. The molecule has 4 nitrogen and oxygen atoms in total. The monoisotopic (exact) mass is 906 g/mol. The Hall–Kier alpha value is -2.17. The van der Waals surface area contributed by atoms with E-state index in [0.717, 1.165) is 64.2 Å². The molecule has 0 bridgehead atoms. The van der Waals surface area contributed by atoms with Crippen molar-refractivity contribution in [2.24, 2.45) is 0 Å². The van der Waals surface area contributed by atoms with Crippen LogP contribution in [0.4, 0.5) is 0 Å². The van der Waals surface area contributed by atoms with Gasteiger partial charge in [-0.3, -0.25) is 4.79 Å². The molecule has 0 fully saturated rings. The van der Waals surface area contributed by atoms with Crippen molar-refractivity contribution in [1.82, 2.24) is 5.32 Å². The summed E-state index contributed by atoms with van der Waals surface area (Å²) in [5.74, 6) is -0.0902. The number of aliphatic hydroxyl groups excluding tert-OH is 2. The second-order valence-corrected chi connectivity index (χ2v) is 19.3. The Morgan fingerprint density at radius 2 is 0.646 bits per heavy atom. The van der Waals surface area contributed by atoms with Crippen LogP contribution in [0.5, 0.6) is 0 Å². The highest BCUT2D eigenvalue weighted by Gasteiger charge is 2.18. The number of hydrogen-bond donors (Lipinski definition) is 3. The van der Waals surface area contributed by atoms with Crippen LogP contribution >= 0.6 is 0 Å². The zero-order valence-corrected chi connectivity index (χ0v) is 43.5. The first-order valence-corrected chi connectivity index (χ1v) is 28.7. The second kappa shape index (κ2) is 56.2. The third-order valence-corrected chi connectivity index (χ3v) is 12.9. The van der Waals surface area contributed by atoms with Crippen molar-refractivity contribution < 1.29 is 15.0 Å². The molecule has 2 atom stereocenters. The van der Waals surface area contributed by atoms with Gasteiger partial charge in [-0.2, -0.15) is 0 Å². The standard InChI is InChI=1S/C61H111NO3/c1-3-5-7-9-11-13-15-17-19-21-23-25-26-27-28-29-30-31-32-33-34-35-37-38-40-42-44-46-48-50-52-54-56-60(64)59(58-63)62-61(65)57-55-53-51-49-47-45-43-41-39-36-24-22-20-18-16-14-12-10-8-6-4-2/h16,18,22,24,38-41,46,48,54,56,59-60,63-64H,3-15,17,19-21,23,25-37,42-45,47,49-53,55,57-58H2,1-2H3,(H,62,65)/b18-16-,24-22-,40-38+,41-39-,48-46+,56-54+. The summed E-state index contributed by atoms with van der Waals surface area (Å²) in [6.45, 7) is 4.29. The molecule has 0 aliphatic heterocycles. The molecule has 0 aromatic carbocycles. The molecule has 0 aliphatic carbocycles. The summed E-state index contributed by atoms with van der Waals surface area (Å²) in [6.07, 6.45) is 80.7. The average Bonchev–Trinajstić information content (AvgIpc) is 3.31. The Bertz CT molecular complexity index is 1120. The first-order chi connectivity index (χ1) is 32.2. The normalized spacial score (nSPS) is 13.4. The Morgan fingerprint density at radius 1 is 0.369 bits per heavy atom. The summed E-state index contributed by atoms with van der Waals surface area (Å²) >= 11 is 0. The number of carbonyl (C=O) groups excluding carboxylic acids is 1. The molecule has 2 unspecified atom stereocenters. The van der Waals surface area contributed by atoms with E-state index in [-0.39, 0.29) is 12.5 Å². The van der Waals surface area contributed by atoms with E-state index in [9.17, 15) is 15.0 Å². The van der Waals surface area contributed by atoms with E-state index in [1.807, 2.05) is 6.08 Å². The highest BCUT2D eigenvalue weighted by atomic mass is 16.3. The molecule has 0 radical (unpaired) electrons. The third kappa shape index (κ3) is 52.7. The van der Waals surface area contributed by atoms with E-state index >= 15 is 0 Å². The van der Waals surface area contributed by atoms with E-state index in [4.69, 9.17) is 0 Å². The molecule has 0 heterocycles. The van der Waals surface area contributed by atoms with Crippen molar-refractivity contribution in [2.45, 2.75) is 302 Å². The molecular weight excluding hydrogens is 795 g/mol. The lowest BCUT2D eigenvalue weighted by Crippen LogP contribution is -2.45. The Balaban J connectivity index is 3.58. The molecular formula is C61H111NO3. The molecule has 3 N–H and O–H groups in total. The molecule has 0 spiro atoms. The topological polar surface area (TPSA) is 69.6 Å². The number of aliphatic hydroxyl groups is 2. The number of allylic oxidation sites excluding steroid dienone is 11. The van der Waals surface area contributed by atoms with Gasteiger partial charge in [-0.05, 0) is 83.5 Å². The Labute approximate surface area is 406 Å². The van der Waals surface area contributed by atoms with E-state index in [2.05, 4.69) is 79.9 Å². The minimum absolute atomic E-state index is 0.0902. The fourth-order valence-electron chi connectivity index (χ4n) is 8.51. The third-order valence-electron chi connectivity index (χ3n) is 12.9. The van der Waals surface area contributed by atoms with Crippen LogP contribution < -0.4 is 5.32 Å². The van der Waals surface area contributed by atoms with E-state index < -0.39 is 12.1 Å². The van der Waals surface area contributed by atoms with Crippen molar-refractivity contribution >= 4 is 5.91 Å². The maximum Gasteiger partial charge on any atom is 0.220 e. The Morgan fingerprint density at radius 3 is 1.00 bits per heavy atom. The lowest BCUT2D eigenvalue weighted by atomic mass is 10.0. The van der Waals surface area contributed by atoms with Crippen molar-refractivity contribution in [1.29, 1.82) is 0 Å². The molecule has 0 rings (SSSR count). The summed E-state index contributed by atoms with van der Waals surface area (Å²) in [7, 11) is 0. The van der Waals surface area contributed by atoms with Crippen molar-refractivity contribution in [3.63, 3.8) is 0 Å². The van der Waals surface area contributed by atoms with E-state index in [1.54, 1.807) is 6.08 Å². The van der Waals surface area contributed by atoms with Gasteiger partial charge in [-0.25, -0.2) is 0 Å². The highest BCUT2D eigenvalue weighted by molar-refractivity contribution is 5.76. The van der Waals surface area contributed by atoms with Crippen LogP contribution in [0.15, 0.2) is 72.9 Å². The number of nitrogens with one attached hydrogen (secondary N) is 1. The smallest absolute Gasteiger partial charge is 0.220 e. The summed E-state index contributed by atoms with van der Waals surface area (Å²) in [4.78, 5) is 12.4. The first kappa shape index (κ1) is 62.8. The van der Waals surface area contributed by atoms with Crippen LogP contribution in [0.3, 0.4) is 0 Å². The highest BCUT2D eigenvalue weighted by Crippen LogP contribution is 2.16. The predicted molar refractivity (Wildman–Crippen MR) is 290 cm³/mol. The van der Waals surface area contributed by atoms with Crippen LogP contribution in [0.25, 0.3) is 0 Å². The van der Waals surface area contributed by atoms with Crippen LogP contribution in [0.1, 0.15) is 290 Å². The summed E-state index contributed by atoms with van der Waals surface area (Å²) in [6, 6.07) is -0.658. The van der Waals surface area contributed by atoms with Crippen molar-refractivity contribution in [2.75, 3.05) is 6.61 Å². The van der Waals surface area contributed by atoms with Gasteiger partial charge in [0.25, 0.3) is 0 Å². The maximum atomic E-state index is 12.4. The molecule has 0 saturated heterocycles. The number of carbonyl (C=O) groups is 1. The second-order valence-electron chi connectivity index (χ2n) is 19.3. The van der Waals surface area contributed by atoms with Gasteiger partial charge in [0.15, 0.2) is 0 Å². The molecule has 0 saturated carbocycles. The molecule has 1 amide bonds. The summed E-state index contributed by atoms with van der Waals surface area (Å²) < 4.78 is 0. The molecule has 4 heteroatoms. The largest absolute Gasteiger partial charge is 0.394 e. The van der Waals surface area contributed by atoms with Crippen molar-refractivity contribution in [3.05, 3.63) is 72.9 Å². The molecule has 0 aromatic rings. The van der Waals surface area contributed by atoms with Crippen LogP contribution in [0, 0.1) is 0 Å². The Kier molecular flexibility index (Phi) is 54.3. The number of hydrogen-bond acceptors (Lipinski definition) is 3. The van der Waals surface area contributed by atoms with Gasteiger partial charge in [0.2, 0.25) is 5.91 Å². The van der Waals surface area contributed by atoms with Gasteiger partial charge < -0.3 is 15.5 Å². The quantitative estimate of drug-likeness (QED) is 0.0421. The molecule has 0 aliphatic rings. The fourth-order valence-corrected chi connectivity index (χ4v) is 8.51. The van der Waals surface area contributed by atoms with Gasteiger partial charge >= 0.3 is 0 Å². The number of amides is 1. The summed E-state index contributed by atoms with van der Waals surface area (Å²) in [5, 5.41) is 23.1. The molecule has 65 heavy (non-hydrogen) atoms. The molecule has 378 valence electrons. The van der Waals surface area contributed by atoms with Gasteiger partial charge in [-0.1, -0.05) is 273 Å². The van der Waals surface area contributed by atoms with Gasteiger partial charge in [0, 0.05) is 6.42 Å². The van der Waals surface area contributed by atoms with Gasteiger partial charge in [0.1, 0.15) is 0 Å². The van der Waals surface area contributed by atoms with Crippen LogP contribution in [-0.4, -0.2) is 34.9 Å². The summed E-state index contributed by atoms with van der Waals surface area (Å²) in [5.41, 5.74) is 0. The lowest BCUT2D eigenvalue weighted by molar-refractivity contribution is -0.123. The van der Waals surface area contributed by atoms with Gasteiger partial charge in [-0.15, -0.1) is 0 Å². The minimum atomic E-state index is -0.881. The zero-order valence-electron chi connectivity index (χ0n) is 43.5. The first-order valence-electron chi connectivity index (χ1n) is 28.7. The zero-order chi connectivity index (χ0) is 47.0. The van der Waals surface area contributed by atoms with Crippen LogP contribution in [-0.2, 0) is 4.79 Å². The lowest BCUT2D eigenvalue weighted by Gasteiger charge is -2.19. The van der Waals surface area contributed by atoms with Crippen molar-refractivity contribution in [3.8, 4) is 0 Å². The predicted octanol–water partition coefficient (Wildman–Crippen LogP) is 19.0. The van der Waals surface area contributed by atoms with E-state index in [1.165, 1.54) is 205 Å². The average molecular weight is 907 g/mol. The SMILES string of the molecule is CCCCCCC/C=C\C/C=C\C/C=C\CCCCCCCCC(=O)NC(CO)C(O)/C=C/CC/C=C/CC/C=C/CCCCCCCCCCCCCCCCCCCCCCCC. The van der Waals surface area contributed by atoms with E-state index in [0.29, 0.717) is 6.42 Å². The number of unbranched alkanes of at least 4 members (excludes halogenated alkanes) is 35. The fraction of sp³-hybridized carbons (Fsp3) is 0.787. The van der Waals surface area contributed by atoms with Crippen LogP contribution in [0.2, 0.25) is 0 Å².